The summed E-state index contributed by atoms with van der Waals surface area (Å²) in [5, 5.41) is 8.49. The Morgan fingerprint density at radius 1 is 1.50 bits per heavy atom. The van der Waals surface area contributed by atoms with Crippen molar-refractivity contribution in [1.29, 1.82) is 0 Å². The van der Waals surface area contributed by atoms with E-state index in [0.29, 0.717) is 11.8 Å². The normalized spacial score (nSPS) is 13.1. The van der Waals surface area contributed by atoms with Gasteiger partial charge < -0.3 is 5.32 Å². The molecule has 1 N–H and O–H groups in total. The summed E-state index contributed by atoms with van der Waals surface area (Å²) in [6.45, 7) is 5.80. The molecule has 5 heteroatoms. The number of aromatic nitrogens is 2. The van der Waals surface area contributed by atoms with E-state index in [1.54, 1.807) is 0 Å². The Balaban J connectivity index is 2.56. The highest BCUT2D eigenvalue weighted by Crippen LogP contribution is 2.20. The molecular weight excluding hydrogens is 245 g/mol. The van der Waals surface area contributed by atoms with Crippen molar-refractivity contribution in [3.63, 3.8) is 0 Å². The van der Waals surface area contributed by atoms with Crippen LogP contribution in [-0.4, -0.2) is 22.2 Å². The highest BCUT2D eigenvalue weighted by molar-refractivity contribution is 6.31. The van der Waals surface area contributed by atoms with E-state index in [1.165, 1.54) is 0 Å². The third kappa shape index (κ3) is 3.37. The largest absolute Gasteiger partial charge is 0.311 e. The molecule has 16 heavy (non-hydrogen) atoms. The predicted molar refractivity (Wildman–Crippen MR) is 69.2 cm³/mol. The molecule has 1 aromatic heterocycles. The van der Waals surface area contributed by atoms with Gasteiger partial charge in [0.1, 0.15) is 0 Å². The fraction of sp³-hybridized carbons (Fsp3) is 0.727. The minimum Gasteiger partial charge on any atom is -0.311 e. The molecule has 3 nitrogen and oxygen atoms in total. The summed E-state index contributed by atoms with van der Waals surface area (Å²) >= 11 is 12.0. The minimum absolute atomic E-state index is 0.472. The molecule has 0 spiro atoms. The van der Waals surface area contributed by atoms with Gasteiger partial charge in [0.05, 0.1) is 16.4 Å². The number of nitrogens with one attached hydrogen (secondary N) is 1. The molecule has 0 amide bonds. The number of aryl methyl sites for hydroxylation is 2. The average Bonchev–Trinajstić information content (AvgIpc) is 2.55. The zero-order valence-electron chi connectivity index (χ0n) is 10.1. The maximum absolute atomic E-state index is 6.23. The van der Waals surface area contributed by atoms with Crippen LogP contribution in [0.1, 0.15) is 25.2 Å². The van der Waals surface area contributed by atoms with Crippen molar-refractivity contribution < 1.29 is 0 Å². The third-order valence-electron chi connectivity index (χ3n) is 2.55. The lowest BCUT2D eigenvalue weighted by atomic mass is 10.2. The van der Waals surface area contributed by atoms with Crippen LogP contribution in [0, 0.1) is 5.92 Å². The number of nitrogens with zero attached hydrogens (tertiary/aromatic N) is 2. The fourth-order valence-corrected chi connectivity index (χ4v) is 1.97. The molecule has 0 bridgehead atoms. The van der Waals surface area contributed by atoms with Crippen molar-refractivity contribution in [2.45, 2.75) is 26.8 Å². The van der Waals surface area contributed by atoms with Crippen LogP contribution in [0.25, 0.3) is 0 Å². The summed E-state index contributed by atoms with van der Waals surface area (Å²) in [4.78, 5) is 0. The fourth-order valence-electron chi connectivity index (χ4n) is 1.50. The van der Waals surface area contributed by atoms with E-state index in [-0.39, 0.29) is 0 Å². The molecule has 92 valence electrons. The van der Waals surface area contributed by atoms with Gasteiger partial charge in [-0.15, -0.1) is 11.6 Å². The van der Waals surface area contributed by atoms with Crippen molar-refractivity contribution in [1.82, 2.24) is 15.1 Å². The van der Waals surface area contributed by atoms with Crippen molar-refractivity contribution in [3.05, 3.63) is 16.4 Å². The first kappa shape index (κ1) is 13.8. The Bertz CT molecular complexity index is 336. The molecule has 1 rings (SSSR count). The second-order valence-electron chi connectivity index (χ2n) is 4.07. The zero-order chi connectivity index (χ0) is 12.1. The zero-order valence-corrected chi connectivity index (χ0v) is 11.6. The van der Waals surface area contributed by atoms with E-state index < -0.39 is 0 Å². The van der Waals surface area contributed by atoms with Gasteiger partial charge in [-0.1, -0.05) is 25.4 Å². The van der Waals surface area contributed by atoms with E-state index in [4.69, 9.17) is 23.2 Å². The lowest BCUT2D eigenvalue weighted by Gasteiger charge is -2.09. The highest BCUT2D eigenvalue weighted by Gasteiger charge is 2.12. The van der Waals surface area contributed by atoms with Gasteiger partial charge in [-0.3, -0.25) is 4.68 Å². The summed E-state index contributed by atoms with van der Waals surface area (Å²) < 4.78 is 1.85. The molecule has 1 heterocycles. The molecule has 0 aliphatic carbocycles. The van der Waals surface area contributed by atoms with Gasteiger partial charge in [0.15, 0.2) is 0 Å². The smallest absolute Gasteiger partial charge is 0.0863 e. The Morgan fingerprint density at radius 2 is 2.19 bits per heavy atom. The second-order valence-corrected chi connectivity index (χ2v) is 4.76. The van der Waals surface area contributed by atoms with Crippen molar-refractivity contribution in [2.24, 2.45) is 13.0 Å². The molecule has 1 aromatic rings. The number of hydrogen-bond acceptors (Lipinski definition) is 2. The standard InChI is InChI=1S/C11H19Cl2N3/c1-4-9-11(13)10(16(3)15-9)7-14-6-8(2)5-12/h8,14H,4-7H2,1-3H3. The third-order valence-corrected chi connectivity index (χ3v) is 3.51. The van der Waals surface area contributed by atoms with E-state index in [2.05, 4.69) is 24.3 Å². The van der Waals surface area contributed by atoms with E-state index in [0.717, 1.165) is 35.9 Å². The molecule has 0 radical (unpaired) electrons. The van der Waals surface area contributed by atoms with Crippen LogP contribution in [0.2, 0.25) is 5.02 Å². The summed E-state index contributed by atoms with van der Waals surface area (Å²) in [6, 6.07) is 0. The van der Waals surface area contributed by atoms with Crippen molar-refractivity contribution in [2.75, 3.05) is 12.4 Å². The van der Waals surface area contributed by atoms with Crippen LogP contribution in [0.5, 0.6) is 0 Å². The monoisotopic (exact) mass is 263 g/mol. The van der Waals surface area contributed by atoms with E-state index in [1.807, 2.05) is 11.7 Å². The first-order valence-corrected chi connectivity index (χ1v) is 6.48. The maximum atomic E-state index is 6.23. The van der Waals surface area contributed by atoms with Gasteiger partial charge in [0.25, 0.3) is 0 Å². The van der Waals surface area contributed by atoms with Crippen molar-refractivity contribution >= 4 is 23.2 Å². The molecule has 1 atom stereocenters. The van der Waals surface area contributed by atoms with Crippen LogP contribution < -0.4 is 5.32 Å². The van der Waals surface area contributed by atoms with Gasteiger partial charge in [-0.2, -0.15) is 5.10 Å². The van der Waals surface area contributed by atoms with Crippen LogP contribution in [0.3, 0.4) is 0 Å². The first-order valence-electron chi connectivity index (χ1n) is 5.57. The van der Waals surface area contributed by atoms with Crippen LogP contribution in [0.4, 0.5) is 0 Å². The molecule has 0 saturated carbocycles. The Labute approximate surface area is 107 Å². The molecular formula is C11H19Cl2N3. The van der Waals surface area contributed by atoms with Gasteiger partial charge in [-0.05, 0) is 18.9 Å². The quantitative estimate of drug-likeness (QED) is 0.800. The van der Waals surface area contributed by atoms with Crippen LogP contribution in [-0.2, 0) is 20.0 Å². The number of halogens is 2. The number of alkyl halides is 1. The minimum atomic E-state index is 0.472. The van der Waals surface area contributed by atoms with Crippen LogP contribution >= 0.6 is 23.2 Å². The second kappa shape index (κ2) is 6.48. The van der Waals surface area contributed by atoms with Gasteiger partial charge in [-0.25, -0.2) is 0 Å². The Morgan fingerprint density at radius 3 is 2.69 bits per heavy atom. The first-order chi connectivity index (χ1) is 7.60. The Kier molecular flexibility index (Phi) is 5.59. The number of hydrogen-bond donors (Lipinski definition) is 1. The van der Waals surface area contributed by atoms with Crippen molar-refractivity contribution in [3.8, 4) is 0 Å². The van der Waals surface area contributed by atoms with Gasteiger partial charge in [0.2, 0.25) is 0 Å². The SMILES string of the molecule is CCc1nn(C)c(CNCC(C)CCl)c1Cl. The van der Waals surface area contributed by atoms with Gasteiger partial charge >= 0.3 is 0 Å². The average molecular weight is 264 g/mol. The summed E-state index contributed by atoms with van der Waals surface area (Å²) in [7, 11) is 1.92. The van der Waals surface area contributed by atoms with E-state index in [9.17, 15) is 0 Å². The molecule has 0 aliphatic rings. The molecule has 0 saturated heterocycles. The molecule has 0 aromatic carbocycles. The molecule has 0 fully saturated rings. The molecule has 0 aliphatic heterocycles. The maximum Gasteiger partial charge on any atom is 0.0863 e. The summed E-state index contributed by atoms with van der Waals surface area (Å²) in [6.07, 6.45) is 0.866. The highest BCUT2D eigenvalue weighted by atomic mass is 35.5. The number of rotatable bonds is 6. The van der Waals surface area contributed by atoms with Crippen LogP contribution in [0.15, 0.2) is 0 Å². The summed E-state index contributed by atoms with van der Waals surface area (Å²) in [5.41, 5.74) is 2.01. The lowest BCUT2D eigenvalue weighted by Crippen LogP contribution is -2.22. The van der Waals surface area contributed by atoms with E-state index >= 15 is 0 Å². The lowest BCUT2D eigenvalue weighted by molar-refractivity contribution is 0.540. The Hall–Kier alpha value is -0.250. The predicted octanol–water partition coefficient (Wildman–Crippen LogP) is 2.60. The molecule has 1 unspecified atom stereocenters. The van der Waals surface area contributed by atoms with Gasteiger partial charge in [0, 0.05) is 19.5 Å². The summed E-state index contributed by atoms with van der Waals surface area (Å²) in [5.74, 6) is 1.14. The topological polar surface area (TPSA) is 29.9 Å².